The smallest absolute Gasteiger partial charge is 0.253 e. The predicted molar refractivity (Wildman–Crippen MR) is 124 cm³/mol. The molecule has 2 aliphatic rings. The number of nitrogens with one attached hydrogen (secondary N) is 1. The fraction of sp³-hybridized carbons (Fsp3) is 0.259. The van der Waals surface area contributed by atoms with Crippen LogP contribution in [0.3, 0.4) is 0 Å². The molecule has 2 heterocycles. The summed E-state index contributed by atoms with van der Waals surface area (Å²) in [5.74, 6) is 0.936. The van der Waals surface area contributed by atoms with Gasteiger partial charge in [-0.25, -0.2) is 0 Å². The molecule has 2 amide bonds. The Morgan fingerprint density at radius 3 is 2.48 bits per heavy atom. The molecule has 2 aliphatic heterocycles. The van der Waals surface area contributed by atoms with E-state index in [9.17, 15) is 9.59 Å². The second kappa shape index (κ2) is 8.98. The van der Waals surface area contributed by atoms with Crippen LogP contribution in [-0.4, -0.2) is 36.6 Å². The van der Waals surface area contributed by atoms with Gasteiger partial charge >= 0.3 is 0 Å². The van der Waals surface area contributed by atoms with Gasteiger partial charge in [-0.05, 0) is 42.3 Å². The predicted octanol–water partition coefficient (Wildman–Crippen LogP) is 3.90. The van der Waals surface area contributed by atoms with Gasteiger partial charge in [0.1, 0.15) is 0 Å². The molecule has 0 saturated carbocycles. The van der Waals surface area contributed by atoms with E-state index in [2.05, 4.69) is 5.32 Å². The van der Waals surface area contributed by atoms with Crippen LogP contribution in [0.2, 0.25) is 0 Å². The van der Waals surface area contributed by atoms with Crippen molar-refractivity contribution in [3.63, 3.8) is 0 Å². The zero-order chi connectivity index (χ0) is 22.8. The number of rotatable bonds is 5. The molecule has 3 aromatic carbocycles. The summed E-state index contributed by atoms with van der Waals surface area (Å²) in [5.41, 5.74) is 3.76. The number of aryl methyl sites for hydroxylation is 1. The second-order valence-corrected chi connectivity index (χ2v) is 8.61. The molecule has 0 aliphatic carbocycles. The van der Waals surface area contributed by atoms with Gasteiger partial charge in [-0.3, -0.25) is 9.59 Å². The maximum atomic E-state index is 13.3. The first-order valence-electron chi connectivity index (χ1n) is 11.2. The number of benzene rings is 3. The summed E-state index contributed by atoms with van der Waals surface area (Å²) < 4.78 is 10.8. The summed E-state index contributed by atoms with van der Waals surface area (Å²) in [6.45, 7) is 3.50. The zero-order valence-corrected chi connectivity index (χ0v) is 18.5. The Kier molecular flexibility index (Phi) is 5.73. The fourth-order valence-electron chi connectivity index (χ4n) is 4.52. The summed E-state index contributed by atoms with van der Waals surface area (Å²) in [6.07, 6.45) is 0. The van der Waals surface area contributed by atoms with E-state index < -0.39 is 0 Å². The van der Waals surface area contributed by atoms with Gasteiger partial charge in [0.25, 0.3) is 5.91 Å². The number of hydrogen-bond acceptors (Lipinski definition) is 4. The first kappa shape index (κ1) is 21.1. The first-order valence-corrected chi connectivity index (χ1v) is 11.2. The number of ether oxygens (including phenoxy) is 2. The van der Waals surface area contributed by atoms with Crippen LogP contribution < -0.4 is 14.8 Å². The van der Waals surface area contributed by atoms with Crippen LogP contribution in [0, 0.1) is 12.8 Å². The van der Waals surface area contributed by atoms with Crippen LogP contribution in [0.15, 0.2) is 72.8 Å². The maximum Gasteiger partial charge on any atom is 0.253 e. The molecule has 0 radical (unpaired) electrons. The van der Waals surface area contributed by atoms with Gasteiger partial charge in [-0.1, -0.05) is 54.1 Å². The Bertz CT molecular complexity index is 1160. The van der Waals surface area contributed by atoms with E-state index in [4.69, 9.17) is 9.47 Å². The van der Waals surface area contributed by atoms with Crippen molar-refractivity contribution in [3.8, 4) is 11.5 Å². The Hall–Kier alpha value is -3.80. The van der Waals surface area contributed by atoms with Crippen molar-refractivity contribution in [1.29, 1.82) is 0 Å². The van der Waals surface area contributed by atoms with Crippen LogP contribution >= 0.6 is 0 Å². The number of fused-ring (bicyclic) bond motifs is 1. The van der Waals surface area contributed by atoms with E-state index in [0.717, 1.165) is 22.4 Å². The molecule has 2 atom stereocenters. The molecule has 0 aromatic heterocycles. The highest BCUT2D eigenvalue weighted by Crippen LogP contribution is 2.35. The highest BCUT2D eigenvalue weighted by Gasteiger charge is 2.40. The Balaban J connectivity index is 1.32. The van der Waals surface area contributed by atoms with Crippen molar-refractivity contribution in [2.24, 2.45) is 5.92 Å². The van der Waals surface area contributed by atoms with E-state index in [1.165, 1.54) is 0 Å². The number of carbonyl (C=O) groups excluding carboxylic acids is 2. The Morgan fingerprint density at radius 2 is 1.70 bits per heavy atom. The summed E-state index contributed by atoms with van der Waals surface area (Å²) in [4.78, 5) is 28.2. The van der Waals surface area contributed by atoms with Crippen LogP contribution in [-0.2, 0) is 11.3 Å². The summed E-state index contributed by atoms with van der Waals surface area (Å²) in [7, 11) is 0. The van der Waals surface area contributed by atoms with Gasteiger partial charge in [0.2, 0.25) is 12.7 Å². The molecule has 168 valence electrons. The number of amides is 2. The minimum Gasteiger partial charge on any atom is -0.454 e. The average Bonchev–Trinajstić information content (AvgIpc) is 3.50. The van der Waals surface area contributed by atoms with Crippen molar-refractivity contribution in [1.82, 2.24) is 10.2 Å². The van der Waals surface area contributed by atoms with Crippen molar-refractivity contribution in [2.75, 3.05) is 19.9 Å². The number of likely N-dealkylation sites (tertiary alicyclic amines) is 1. The zero-order valence-electron chi connectivity index (χ0n) is 18.5. The molecule has 1 fully saturated rings. The topological polar surface area (TPSA) is 67.9 Å². The van der Waals surface area contributed by atoms with E-state index >= 15 is 0 Å². The molecule has 0 bridgehead atoms. The number of hydrogen-bond donors (Lipinski definition) is 1. The molecule has 5 rings (SSSR count). The summed E-state index contributed by atoms with van der Waals surface area (Å²) in [5, 5.41) is 3.07. The van der Waals surface area contributed by atoms with Gasteiger partial charge in [-0.15, -0.1) is 0 Å². The van der Waals surface area contributed by atoms with Crippen molar-refractivity contribution in [3.05, 3.63) is 95.1 Å². The van der Waals surface area contributed by atoms with Crippen LogP contribution in [0.25, 0.3) is 0 Å². The minimum absolute atomic E-state index is 0.0398. The summed E-state index contributed by atoms with van der Waals surface area (Å²) in [6, 6.07) is 23.2. The van der Waals surface area contributed by atoms with E-state index in [1.54, 1.807) is 4.90 Å². The van der Waals surface area contributed by atoms with Gasteiger partial charge in [0, 0.05) is 31.1 Å². The lowest BCUT2D eigenvalue weighted by Gasteiger charge is -2.18. The fourth-order valence-corrected chi connectivity index (χ4v) is 4.52. The average molecular weight is 443 g/mol. The van der Waals surface area contributed by atoms with E-state index in [0.29, 0.717) is 30.9 Å². The lowest BCUT2D eigenvalue weighted by atomic mass is 9.88. The standard InChI is InChI=1S/C27H26N2O4/c1-18-7-10-21(11-8-18)27(31)29-15-22(20-5-3-2-4-6-20)23(16-29)26(30)28-14-19-9-12-24-25(13-19)33-17-32-24/h2-13,22-23H,14-17H2,1H3,(H,28,30)/t22-,23-/m1/s1. The number of carbonyl (C=O) groups is 2. The first-order chi connectivity index (χ1) is 16.1. The molecule has 6 nitrogen and oxygen atoms in total. The molecule has 33 heavy (non-hydrogen) atoms. The van der Waals surface area contributed by atoms with E-state index in [-0.39, 0.29) is 30.4 Å². The molecule has 0 spiro atoms. The molecule has 1 saturated heterocycles. The number of nitrogens with zero attached hydrogens (tertiary/aromatic N) is 1. The minimum atomic E-state index is -0.323. The van der Waals surface area contributed by atoms with E-state index in [1.807, 2.05) is 79.7 Å². The summed E-state index contributed by atoms with van der Waals surface area (Å²) >= 11 is 0. The highest BCUT2D eigenvalue weighted by molar-refractivity contribution is 5.95. The second-order valence-electron chi connectivity index (χ2n) is 8.61. The molecular weight excluding hydrogens is 416 g/mol. The van der Waals surface area contributed by atoms with Crippen LogP contribution in [0.5, 0.6) is 11.5 Å². The normalized spacial score (nSPS) is 18.9. The van der Waals surface area contributed by atoms with Crippen molar-refractivity contribution >= 4 is 11.8 Å². The van der Waals surface area contributed by atoms with Gasteiger partial charge in [-0.2, -0.15) is 0 Å². The Morgan fingerprint density at radius 1 is 0.939 bits per heavy atom. The molecule has 6 heteroatoms. The third-order valence-corrected chi connectivity index (χ3v) is 6.37. The monoisotopic (exact) mass is 442 g/mol. The molecule has 1 N–H and O–H groups in total. The third-order valence-electron chi connectivity index (χ3n) is 6.37. The molecule has 0 unspecified atom stereocenters. The largest absolute Gasteiger partial charge is 0.454 e. The SMILES string of the molecule is Cc1ccc(C(=O)N2C[C@H](c3ccccc3)[C@H](C(=O)NCc3ccc4c(c3)OCO4)C2)cc1. The quantitative estimate of drug-likeness (QED) is 0.651. The van der Waals surface area contributed by atoms with Crippen LogP contribution in [0.1, 0.15) is 33.0 Å². The molecule has 3 aromatic rings. The molecular formula is C27H26N2O4. The van der Waals surface area contributed by atoms with Crippen LogP contribution in [0.4, 0.5) is 0 Å². The Labute approximate surface area is 193 Å². The van der Waals surface area contributed by atoms with Gasteiger partial charge < -0.3 is 19.7 Å². The van der Waals surface area contributed by atoms with Gasteiger partial charge in [0.15, 0.2) is 11.5 Å². The third kappa shape index (κ3) is 4.42. The highest BCUT2D eigenvalue weighted by atomic mass is 16.7. The maximum absolute atomic E-state index is 13.3. The lowest BCUT2D eigenvalue weighted by Crippen LogP contribution is -2.35. The lowest BCUT2D eigenvalue weighted by molar-refractivity contribution is -0.125. The van der Waals surface area contributed by atoms with Gasteiger partial charge in [0.05, 0.1) is 5.92 Å². The van der Waals surface area contributed by atoms with Crippen molar-refractivity contribution in [2.45, 2.75) is 19.4 Å². The van der Waals surface area contributed by atoms with Crippen molar-refractivity contribution < 1.29 is 19.1 Å².